The second-order valence-corrected chi connectivity index (χ2v) is 6.37. The Hall–Kier alpha value is -3.74. The molecule has 0 atom stereocenters. The number of carbonyl (C=O) groups is 1. The second kappa shape index (κ2) is 7.48. The summed E-state index contributed by atoms with van der Waals surface area (Å²) in [6.07, 6.45) is 6.97. The van der Waals surface area contributed by atoms with Crippen LogP contribution in [0.3, 0.4) is 0 Å². The average molecular weight is 372 g/mol. The topological polar surface area (TPSA) is 77.1 Å². The van der Waals surface area contributed by atoms with E-state index in [9.17, 15) is 4.79 Å². The predicted octanol–water partition coefficient (Wildman–Crippen LogP) is 3.31. The van der Waals surface area contributed by atoms with Gasteiger partial charge in [-0.1, -0.05) is 12.1 Å². The molecule has 28 heavy (non-hydrogen) atoms. The SMILES string of the molecule is CCn1c(C)nc2cc(C(=O)N/N=C/c3ccc(-n4ccnc4)cc3)ccc21. The van der Waals surface area contributed by atoms with Crippen molar-refractivity contribution in [2.45, 2.75) is 20.4 Å². The molecule has 2 heterocycles. The van der Waals surface area contributed by atoms with E-state index in [4.69, 9.17) is 0 Å². The van der Waals surface area contributed by atoms with Gasteiger partial charge in [-0.05, 0) is 49.7 Å². The highest BCUT2D eigenvalue weighted by atomic mass is 16.2. The largest absolute Gasteiger partial charge is 0.329 e. The molecule has 0 unspecified atom stereocenters. The second-order valence-electron chi connectivity index (χ2n) is 6.37. The summed E-state index contributed by atoms with van der Waals surface area (Å²) in [6, 6.07) is 13.3. The van der Waals surface area contributed by atoms with Gasteiger partial charge in [0.2, 0.25) is 0 Å². The van der Waals surface area contributed by atoms with E-state index in [1.807, 2.05) is 48.0 Å². The van der Waals surface area contributed by atoms with E-state index in [2.05, 4.69) is 32.0 Å². The Morgan fingerprint density at radius 3 is 2.75 bits per heavy atom. The number of aryl methyl sites for hydroxylation is 2. The van der Waals surface area contributed by atoms with Crippen molar-refractivity contribution < 1.29 is 4.79 Å². The zero-order valence-corrected chi connectivity index (χ0v) is 15.7. The summed E-state index contributed by atoms with van der Waals surface area (Å²) < 4.78 is 4.03. The Morgan fingerprint density at radius 1 is 1.21 bits per heavy atom. The van der Waals surface area contributed by atoms with Gasteiger partial charge >= 0.3 is 0 Å². The summed E-state index contributed by atoms with van der Waals surface area (Å²) in [4.78, 5) is 20.9. The maximum atomic E-state index is 12.4. The number of hydrogen-bond donors (Lipinski definition) is 1. The highest BCUT2D eigenvalue weighted by molar-refractivity contribution is 5.97. The molecule has 1 N–H and O–H groups in total. The molecule has 0 fully saturated rings. The van der Waals surface area contributed by atoms with E-state index < -0.39 is 0 Å². The van der Waals surface area contributed by atoms with Crippen molar-refractivity contribution in [3.63, 3.8) is 0 Å². The van der Waals surface area contributed by atoms with Gasteiger partial charge in [0.15, 0.2) is 0 Å². The lowest BCUT2D eigenvalue weighted by atomic mass is 10.2. The number of benzene rings is 2. The first-order valence-corrected chi connectivity index (χ1v) is 9.04. The van der Waals surface area contributed by atoms with Crippen LogP contribution in [0.2, 0.25) is 0 Å². The number of hydrogen-bond acceptors (Lipinski definition) is 4. The Balaban J connectivity index is 1.44. The van der Waals surface area contributed by atoms with Gasteiger partial charge in [-0.3, -0.25) is 4.79 Å². The average Bonchev–Trinajstić information content (AvgIpc) is 3.35. The van der Waals surface area contributed by atoms with Gasteiger partial charge in [0.25, 0.3) is 5.91 Å². The summed E-state index contributed by atoms with van der Waals surface area (Å²) in [5, 5.41) is 4.06. The third-order valence-corrected chi connectivity index (χ3v) is 4.59. The van der Waals surface area contributed by atoms with Crippen LogP contribution in [0.4, 0.5) is 0 Å². The molecule has 0 saturated carbocycles. The lowest BCUT2D eigenvalue weighted by molar-refractivity contribution is 0.0955. The quantitative estimate of drug-likeness (QED) is 0.431. The van der Waals surface area contributed by atoms with Crippen LogP contribution in [-0.2, 0) is 6.54 Å². The molecular formula is C21H20N6O. The van der Waals surface area contributed by atoms with Crippen molar-refractivity contribution >= 4 is 23.2 Å². The molecule has 0 bridgehead atoms. The lowest BCUT2D eigenvalue weighted by Crippen LogP contribution is -2.17. The molecule has 1 amide bonds. The summed E-state index contributed by atoms with van der Waals surface area (Å²) in [6.45, 7) is 4.88. The Labute approximate surface area is 162 Å². The number of aromatic nitrogens is 4. The zero-order valence-electron chi connectivity index (χ0n) is 15.7. The van der Waals surface area contributed by atoms with Gasteiger partial charge in [-0.15, -0.1) is 0 Å². The van der Waals surface area contributed by atoms with E-state index in [1.165, 1.54) is 0 Å². The van der Waals surface area contributed by atoms with Gasteiger partial charge < -0.3 is 9.13 Å². The Morgan fingerprint density at radius 2 is 2.04 bits per heavy atom. The Bertz CT molecular complexity index is 1140. The van der Waals surface area contributed by atoms with E-state index in [1.54, 1.807) is 30.9 Å². The first kappa shape index (κ1) is 17.7. The maximum absolute atomic E-state index is 12.4. The van der Waals surface area contributed by atoms with Gasteiger partial charge in [0.05, 0.1) is 23.6 Å². The fraction of sp³-hybridized carbons (Fsp3) is 0.143. The van der Waals surface area contributed by atoms with Crippen molar-refractivity contribution in [3.8, 4) is 5.69 Å². The fourth-order valence-electron chi connectivity index (χ4n) is 3.16. The molecular weight excluding hydrogens is 352 g/mol. The van der Waals surface area contributed by atoms with E-state index in [0.717, 1.165) is 34.7 Å². The van der Waals surface area contributed by atoms with E-state index in [-0.39, 0.29) is 5.91 Å². The molecule has 7 nitrogen and oxygen atoms in total. The molecule has 2 aromatic heterocycles. The van der Waals surface area contributed by atoms with Gasteiger partial charge in [-0.25, -0.2) is 15.4 Å². The highest BCUT2D eigenvalue weighted by Crippen LogP contribution is 2.17. The van der Waals surface area contributed by atoms with Crippen LogP contribution in [0.5, 0.6) is 0 Å². The fourth-order valence-corrected chi connectivity index (χ4v) is 3.16. The smallest absolute Gasteiger partial charge is 0.271 e. The lowest BCUT2D eigenvalue weighted by Gasteiger charge is -2.03. The van der Waals surface area contributed by atoms with Crippen molar-refractivity contribution in [2.75, 3.05) is 0 Å². The summed E-state index contributed by atoms with van der Waals surface area (Å²) in [5.41, 5.74) is 6.83. The number of rotatable bonds is 5. The van der Waals surface area contributed by atoms with Gasteiger partial charge in [0, 0.05) is 30.2 Å². The molecule has 0 radical (unpaired) electrons. The molecule has 4 aromatic rings. The minimum Gasteiger partial charge on any atom is -0.329 e. The number of hydrazone groups is 1. The molecule has 0 aliphatic rings. The standard InChI is InChI=1S/C21H20N6O/c1-3-27-15(2)24-19-12-17(6-9-20(19)27)21(28)25-23-13-16-4-7-18(8-5-16)26-11-10-22-14-26/h4-14H,3H2,1-2H3,(H,25,28)/b23-13+. The third-order valence-electron chi connectivity index (χ3n) is 4.59. The first-order valence-electron chi connectivity index (χ1n) is 9.04. The number of carbonyl (C=O) groups excluding carboxylic acids is 1. The molecule has 140 valence electrons. The molecule has 0 aliphatic carbocycles. The summed E-state index contributed by atoms with van der Waals surface area (Å²) >= 11 is 0. The number of fused-ring (bicyclic) bond motifs is 1. The van der Waals surface area contributed by atoms with Crippen molar-refractivity contribution in [1.29, 1.82) is 0 Å². The molecule has 0 spiro atoms. The zero-order chi connectivity index (χ0) is 19.5. The van der Waals surface area contributed by atoms with Gasteiger partial charge in [-0.2, -0.15) is 5.10 Å². The van der Waals surface area contributed by atoms with Gasteiger partial charge in [0.1, 0.15) is 5.82 Å². The number of imidazole rings is 2. The maximum Gasteiger partial charge on any atom is 0.271 e. The van der Waals surface area contributed by atoms with Crippen LogP contribution in [0, 0.1) is 6.92 Å². The van der Waals surface area contributed by atoms with Crippen LogP contribution in [0.15, 0.2) is 66.3 Å². The summed E-state index contributed by atoms with van der Waals surface area (Å²) in [7, 11) is 0. The van der Waals surface area contributed by atoms with E-state index in [0.29, 0.717) is 5.56 Å². The number of nitrogens with one attached hydrogen (secondary N) is 1. The third kappa shape index (κ3) is 3.42. The van der Waals surface area contributed by atoms with E-state index >= 15 is 0 Å². The Kier molecular flexibility index (Phi) is 4.72. The predicted molar refractivity (Wildman–Crippen MR) is 109 cm³/mol. The minimum absolute atomic E-state index is 0.267. The number of amides is 1. The first-order chi connectivity index (χ1) is 13.7. The number of nitrogens with zero attached hydrogens (tertiary/aromatic N) is 5. The highest BCUT2D eigenvalue weighted by Gasteiger charge is 2.10. The van der Waals surface area contributed by atoms with Crippen LogP contribution in [0.25, 0.3) is 16.7 Å². The summed E-state index contributed by atoms with van der Waals surface area (Å²) in [5.74, 6) is 0.670. The monoisotopic (exact) mass is 372 g/mol. The van der Waals surface area contributed by atoms with Crippen LogP contribution in [-0.4, -0.2) is 31.2 Å². The van der Waals surface area contributed by atoms with Crippen LogP contribution in [0.1, 0.15) is 28.7 Å². The normalized spacial score (nSPS) is 11.4. The molecule has 7 heteroatoms. The van der Waals surface area contributed by atoms with Crippen LogP contribution < -0.4 is 5.43 Å². The molecule has 2 aromatic carbocycles. The van der Waals surface area contributed by atoms with Crippen LogP contribution >= 0.6 is 0 Å². The van der Waals surface area contributed by atoms with Crippen molar-refractivity contribution in [2.24, 2.45) is 5.10 Å². The molecule has 0 aliphatic heterocycles. The molecule has 0 saturated heterocycles. The minimum atomic E-state index is -0.267. The van der Waals surface area contributed by atoms with Crippen molar-refractivity contribution in [1.82, 2.24) is 24.5 Å². The molecule has 4 rings (SSSR count). The van der Waals surface area contributed by atoms with Crippen molar-refractivity contribution in [3.05, 3.63) is 78.1 Å².